The fourth-order valence-electron chi connectivity index (χ4n) is 4.41. The second-order valence-electron chi connectivity index (χ2n) is 9.41. The molecule has 3 aromatic rings. The van der Waals surface area contributed by atoms with Crippen molar-refractivity contribution >= 4 is 24.3 Å². The first-order valence-electron chi connectivity index (χ1n) is 13.3. The molecule has 1 atom stereocenters. The third kappa shape index (κ3) is 7.77. The van der Waals surface area contributed by atoms with Crippen molar-refractivity contribution < 1.29 is 14.2 Å². The molecule has 1 aliphatic rings. The van der Waals surface area contributed by atoms with Gasteiger partial charge in [0, 0.05) is 25.1 Å². The number of ether oxygens (including phenoxy) is 3. The van der Waals surface area contributed by atoms with Gasteiger partial charge in [0.25, 0.3) is 5.88 Å². The van der Waals surface area contributed by atoms with Crippen LogP contribution in [0.1, 0.15) is 50.6 Å². The molecule has 4 rings (SSSR count). The van der Waals surface area contributed by atoms with Crippen LogP contribution in [0.25, 0.3) is 11.1 Å². The zero-order valence-corrected chi connectivity index (χ0v) is 22.9. The van der Waals surface area contributed by atoms with Crippen LogP contribution in [-0.2, 0) is 4.74 Å². The number of hydrogen-bond donors (Lipinski definition) is 2. The fraction of sp³-hybridized carbons (Fsp3) is 0.429. The van der Waals surface area contributed by atoms with Crippen LogP contribution < -0.4 is 20.5 Å². The number of anilines is 2. The van der Waals surface area contributed by atoms with E-state index in [2.05, 4.69) is 31.3 Å². The largest absolute Gasteiger partial charge is 0.487 e. The van der Waals surface area contributed by atoms with E-state index in [1.54, 1.807) is 31.6 Å². The van der Waals surface area contributed by atoms with Crippen LogP contribution in [0.3, 0.4) is 0 Å². The topological polar surface area (TPSA) is 158 Å². The van der Waals surface area contributed by atoms with E-state index in [0.29, 0.717) is 54.6 Å². The second kappa shape index (κ2) is 14.6. The van der Waals surface area contributed by atoms with Crippen molar-refractivity contribution in [3.05, 3.63) is 42.4 Å². The van der Waals surface area contributed by atoms with E-state index < -0.39 is 0 Å². The smallest absolute Gasteiger partial charge is 0.257 e. The predicted molar refractivity (Wildman–Crippen MR) is 153 cm³/mol. The van der Waals surface area contributed by atoms with Crippen LogP contribution in [-0.4, -0.2) is 65.4 Å². The average molecular weight is 546 g/mol. The van der Waals surface area contributed by atoms with E-state index in [0.717, 1.165) is 30.3 Å². The number of nitrogens with one attached hydrogen (secondary N) is 1. The summed E-state index contributed by atoms with van der Waals surface area (Å²) in [5, 5.41) is 17.5. The van der Waals surface area contributed by atoms with E-state index in [4.69, 9.17) is 25.0 Å². The van der Waals surface area contributed by atoms with E-state index >= 15 is 0 Å². The maximum atomic E-state index is 9.54. The minimum absolute atomic E-state index is 0.274. The lowest BCUT2D eigenvalue weighted by Gasteiger charge is -2.21. The van der Waals surface area contributed by atoms with Gasteiger partial charge in [-0.1, -0.05) is 25.3 Å². The van der Waals surface area contributed by atoms with Crippen molar-refractivity contribution in [2.75, 3.05) is 32.2 Å². The molecule has 1 saturated carbocycles. The maximum absolute atomic E-state index is 9.54. The van der Waals surface area contributed by atoms with E-state index in [9.17, 15) is 5.26 Å². The lowest BCUT2D eigenvalue weighted by atomic mass is 9.96. The Morgan fingerprint density at radius 2 is 2.00 bits per heavy atom. The van der Waals surface area contributed by atoms with Crippen LogP contribution in [0.15, 0.2) is 46.8 Å². The lowest BCUT2D eigenvalue weighted by molar-refractivity contribution is 0.143. The van der Waals surface area contributed by atoms with Gasteiger partial charge in [-0.25, -0.2) is 15.0 Å². The molecule has 1 aliphatic carbocycles. The molecule has 210 valence electrons. The molecule has 12 nitrogen and oxygen atoms in total. The van der Waals surface area contributed by atoms with Crippen molar-refractivity contribution in [2.24, 2.45) is 15.7 Å². The average Bonchev–Trinajstić information content (AvgIpc) is 3.38. The Hall–Kier alpha value is -4.50. The van der Waals surface area contributed by atoms with Crippen molar-refractivity contribution in [2.45, 2.75) is 51.2 Å². The molecule has 0 amide bonds. The molecule has 0 saturated heterocycles. The van der Waals surface area contributed by atoms with Gasteiger partial charge in [0.2, 0.25) is 5.95 Å². The summed E-state index contributed by atoms with van der Waals surface area (Å²) in [5.41, 5.74) is 7.93. The number of benzene rings is 1. The zero-order valence-electron chi connectivity index (χ0n) is 22.9. The Labute approximate surface area is 233 Å². The number of aromatic nitrogens is 4. The van der Waals surface area contributed by atoms with Gasteiger partial charge in [-0.15, -0.1) is 5.10 Å². The van der Waals surface area contributed by atoms with E-state index in [1.807, 2.05) is 23.9 Å². The summed E-state index contributed by atoms with van der Waals surface area (Å²) >= 11 is 0. The summed E-state index contributed by atoms with van der Waals surface area (Å²) in [6.07, 6.45) is 13.5. The third-order valence-corrected chi connectivity index (χ3v) is 6.43. The standard InChI is InChI=1S/C28H35N9O3/c1-20(14-31-19-32-18-30)40-26-12-21(8-9-22(26)13-29)23-15-33-28(34-16-23)35-25-17-37(24-6-4-3-5-7-24)36-27(25)39-11-10-38-2/h8-9,12,15-20,24H,3-7,10-11,14H2,1-2H3,(H2,30,31,32)(H,33,34,35)/t20-/m0/s1. The predicted octanol–water partition coefficient (Wildman–Crippen LogP) is 4.27. The Bertz CT molecular complexity index is 1330. The Balaban J connectivity index is 1.48. The third-order valence-electron chi connectivity index (χ3n) is 6.43. The minimum atomic E-state index is -0.274. The van der Waals surface area contributed by atoms with Crippen LogP contribution in [0.2, 0.25) is 0 Å². The molecule has 0 spiro atoms. The zero-order chi connectivity index (χ0) is 28.2. The summed E-state index contributed by atoms with van der Waals surface area (Å²) in [5.74, 6) is 1.37. The van der Waals surface area contributed by atoms with Gasteiger partial charge >= 0.3 is 0 Å². The highest BCUT2D eigenvalue weighted by molar-refractivity contribution is 5.69. The summed E-state index contributed by atoms with van der Waals surface area (Å²) < 4.78 is 19.0. The molecule has 2 heterocycles. The van der Waals surface area contributed by atoms with Crippen LogP contribution in [0, 0.1) is 11.3 Å². The summed E-state index contributed by atoms with van der Waals surface area (Å²) in [7, 11) is 1.64. The van der Waals surface area contributed by atoms with Crippen LogP contribution in [0.5, 0.6) is 11.6 Å². The molecular formula is C28H35N9O3. The number of methoxy groups -OCH3 is 1. The Morgan fingerprint density at radius 1 is 1.20 bits per heavy atom. The van der Waals surface area contributed by atoms with Gasteiger partial charge in [0.1, 0.15) is 36.6 Å². The quantitative estimate of drug-likeness (QED) is 0.182. The number of aliphatic imine (C=N–C) groups is 2. The molecule has 0 unspecified atom stereocenters. The number of nitrogens with two attached hydrogens (primary N) is 1. The molecule has 3 N–H and O–H groups in total. The normalized spacial score (nSPS) is 14.8. The van der Waals surface area contributed by atoms with Gasteiger partial charge in [0.15, 0.2) is 0 Å². The highest BCUT2D eigenvalue weighted by Gasteiger charge is 2.20. The molecule has 12 heteroatoms. The summed E-state index contributed by atoms with van der Waals surface area (Å²) in [6.45, 7) is 3.09. The van der Waals surface area contributed by atoms with Gasteiger partial charge in [-0.2, -0.15) is 5.26 Å². The molecule has 0 bridgehead atoms. The minimum Gasteiger partial charge on any atom is -0.487 e. The maximum Gasteiger partial charge on any atom is 0.257 e. The van der Waals surface area contributed by atoms with Crippen molar-refractivity contribution in [1.29, 1.82) is 5.26 Å². The monoisotopic (exact) mass is 545 g/mol. The highest BCUT2D eigenvalue weighted by Crippen LogP contribution is 2.33. The van der Waals surface area contributed by atoms with Crippen LogP contribution >= 0.6 is 0 Å². The number of nitrogens with zero attached hydrogens (tertiary/aromatic N) is 7. The summed E-state index contributed by atoms with van der Waals surface area (Å²) in [4.78, 5) is 16.9. The SMILES string of the molecule is COCCOc1nn(C2CCCCC2)cc1Nc1ncc(-c2ccc(C#N)c(O[C@@H](C)CN=CN=CN)c2)cn1. The Morgan fingerprint density at radius 3 is 2.73 bits per heavy atom. The van der Waals surface area contributed by atoms with Crippen LogP contribution in [0.4, 0.5) is 11.6 Å². The van der Waals surface area contributed by atoms with Crippen molar-refractivity contribution in [3.8, 4) is 28.8 Å². The Kier molecular flexibility index (Phi) is 10.4. The first-order valence-corrected chi connectivity index (χ1v) is 13.3. The lowest BCUT2D eigenvalue weighted by Crippen LogP contribution is -2.16. The van der Waals surface area contributed by atoms with Gasteiger partial charge in [-0.05, 0) is 37.5 Å². The van der Waals surface area contributed by atoms with Gasteiger partial charge in [0.05, 0.1) is 37.3 Å². The molecule has 2 aromatic heterocycles. The number of hydrogen-bond acceptors (Lipinski definition) is 9. The first-order chi connectivity index (χ1) is 19.6. The van der Waals surface area contributed by atoms with Crippen molar-refractivity contribution in [1.82, 2.24) is 19.7 Å². The molecule has 0 radical (unpaired) electrons. The van der Waals surface area contributed by atoms with E-state index in [-0.39, 0.29) is 6.10 Å². The molecule has 1 aromatic carbocycles. The summed E-state index contributed by atoms with van der Waals surface area (Å²) in [6, 6.07) is 7.89. The van der Waals surface area contributed by atoms with E-state index in [1.165, 1.54) is 25.6 Å². The number of nitriles is 1. The van der Waals surface area contributed by atoms with Crippen molar-refractivity contribution in [3.63, 3.8) is 0 Å². The molecule has 1 fully saturated rings. The van der Waals surface area contributed by atoms with Gasteiger partial charge < -0.3 is 25.3 Å². The molecular weight excluding hydrogens is 510 g/mol. The highest BCUT2D eigenvalue weighted by atomic mass is 16.5. The number of rotatable bonds is 13. The second-order valence-corrected chi connectivity index (χ2v) is 9.41. The molecule has 40 heavy (non-hydrogen) atoms. The van der Waals surface area contributed by atoms with Gasteiger partial charge in [-0.3, -0.25) is 9.67 Å². The fourth-order valence-corrected chi connectivity index (χ4v) is 4.41. The first kappa shape index (κ1) is 28.5. The molecule has 0 aliphatic heterocycles.